The van der Waals surface area contributed by atoms with E-state index >= 15 is 0 Å². The first-order valence-electron chi connectivity index (χ1n) is 8.22. The molecule has 0 spiro atoms. The maximum atomic E-state index is 12.9. The van der Waals surface area contributed by atoms with Crippen LogP contribution in [0.3, 0.4) is 0 Å². The maximum Gasteiger partial charge on any atom is 0.254 e. The minimum atomic E-state index is 0.226. The zero-order valence-electron chi connectivity index (χ0n) is 13.8. The molecule has 114 valence electrons. The number of fused-ring (bicyclic) bond motifs is 2. The Hall–Kier alpha value is -1.31. The van der Waals surface area contributed by atoms with Gasteiger partial charge in [0.2, 0.25) is 0 Å². The summed E-state index contributed by atoms with van der Waals surface area (Å²) in [5.74, 6) is 0.226. The van der Waals surface area contributed by atoms with E-state index in [1.165, 1.54) is 18.4 Å². The van der Waals surface area contributed by atoms with Crippen molar-refractivity contribution in [1.82, 2.24) is 4.90 Å². The molecular formula is C19H27NO. The third kappa shape index (κ3) is 2.73. The lowest BCUT2D eigenvalue weighted by atomic mass is 9.65. The minimum Gasteiger partial charge on any atom is -0.335 e. The number of aryl methyl sites for hydroxylation is 1. The van der Waals surface area contributed by atoms with Gasteiger partial charge in [0.15, 0.2) is 0 Å². The summed E-state index contributed by atoms with van der Waals surface area (Å²) in [6.07, 6.45) is 4.57. The molecule has 2 heteroatoms. The van der Waals surface area contributed by atoms with Crippen LogP contribution in [0.4, 0.5) is 0 Å². The van der Waals surface area contributed by atoms with Gasteiger partial charge in [0.05, 0.1) is 0 Å². The lowest BCUT2D eigenvalue weighted by Crippen LogP contribution is -2.37. The summed E-state index contributed by atoms with van der Waals surface area (Å²) < 4.78 is 0. The molecule has 1 aliphatic heterocycles. The third-order valence-electron chi connectivity index (χ3n) is 5.28. The fourth-order valence-corrected chi connectivity index (χ4v) is 4.75. The first-order chi connectivity index (χ1) is 9.82. The molecule has 1 saturated heterocycles. The number of carbonyl (C=O) groups excluding carboxylic acids is 1. The highest BCUT2D eigenvalue weighted by atomic mass is 16.2. The molecular weight excluding hydrogens is 258 g/mol. The molecule has 2 aliphatic rings. The zero-order valence-corrected chi connectivity index (χ0v) is 13.8. The Bertz CT molecular complexity index is 545. The lowest BCUT2D eigenvalue weighted by Gasteiger charge is -2.39. The van der Waals surface area contributed by atoms with Crippen LogP contribution in [0.1, 0.15) is 62.9 Å². The van der Waals surface area contributed by atoms with E-state index < -0.39 is 0 Å². The fourth-order valence-electron chi connectivity index (χ4n) is 4.75. The largest absolute Gasteiger partial charge is 0.335 e. The van der Waals surface area contributed by atoms with E-state index in [0.29, 0.717) is 16.9 Å². The van der Waals surface area contributed by atoms with Crippen LogP contribution < -0.4 is 0 Å². The van der Waals surface area contributed by atoms with Crippen LogP contribution in [0, 0.1) is 10.8 Å². The van der Waals surface area contributed by atoms with Gasteiger partial charge in [-0.2, -0.15) is 0 Å². The van der Waals surface area contributed by atoms with Crippen LogP contribution in [0.25, 0.3) is 0 Å². The molecule has 0 radical (unpaired) electrons. The molecule has 2 atom stereocenters. The monoisotopic (exact) mass is 285 g/mol. The average Bonchev–Trinajstić information content (AvgIpc) is 2.67. The van der Waals surface area contributed by atoms with Gasteiger partial charge >= 0.3 is 0 Å². The Kier molecular flexibility index (Phi) is 3.38. The van der Waals surface area contributed by atoms with E-state index in [2.05, 4.69) is 44.7 Å². The van der Waals surface area contributed by atoms with Gasteiger partial charge in [-0.25, -0.2) is 0 Å². The molecule has 2 bridgehead atoms. The Labute approximate surface area is 128 Å². The van der Waals surface area contributed by atoms with E-state index in [1.54, 1.807) is 0 Å². The van der Waals surface area contributed by atoms with Gasteiger partial charge in [0.1, 0.15) is 0 Å². The Balaban J connectivity index is 1.82. The van der Waals surface area contributed by atoms with Crippen LogP contribution in [0.5, 0.6) is 0 Å². The molecule has 0 N–H and O–H groups in total. The predicted octanol–water partition coefficient (Wildman–Crippen LogP) is 4.29. The van der Waals surface area contributed by atoms with Gasteiger partial charge in [0, 0.05) is 18.2 Å². The van der Waals surface area contributed by atoms with E-state index in [0.717, 1.165) is 24.9 Å². The summed E-state index contributed by atoms with van der Waals surface area (Å²) in [5, 5.41) is 0. The number of hydrogen-bond acceptors (Lipinski definition) is 1. The fraction of sp³-hybridized carbons (Fsp3) is 0.632. The van der Waals surface area contributed by atoms with Crippen molar-refractivity contribution in [3.8, 4) is 0 Å². The lowest BCUT2D eigenvalue weighted by molar-refractivity contribution is 0.0708. The molecule has 2 fully saturated rings. The standard InChI is InChI=1S/C19H27NO/c1-5-14-6-8-15(9-7-14)17(21)20-13-19(4)11-16(20)10-18(2,3)12-19/h6-9,16H,5,10-13H2,1-4H3. The predicted molar refractivity (Wildman–Crippen MR) is 86.4 cm³/mol. The molecule has 0 aromatic heterocycles. The third-order valence-corrected chi connectivity index (χ3v) is 5.28. The van der Waals surface area contributed by atoms with E-state index in [9.17, 15) is 4.79 Å². The van der Waals surface area contributed by atoms with E-state index in [4.69, 9.17) is 0 Å². The number of nitrogens with zero attached hydrogens (tertiary/aromatic N) is 1. The van der Waals surface area contributed by atoms with Gasteiger partial charge < -0.3 is 4.90 Å². The number of benzene rings is 1. The van der Waals surface area contributed by atoms with Crippen LogP contribution in [0.15, 0.2) is 24.3 Å². The van der Waals surface area contributed by atoms with Gasteiger partial charge in [-0.1, -0.05) is 39.8 Å². The second-order valence-corrected chi connectivity index (χ2v) is 8.20. The highest BCUT2D eigenvalue weighted by Gasteiger charge is 2.50. The molecule has 1 aliphatic carbocycles. The first-order valence-corrected chi connectivity index (χ1v) is 8.22. The second-order valence-electron chi connectivity index (χ2n) is 8.20. The minimum absolute atomic E-state index is 0.226. The Morgan fingerprint density at radius 1 is 1.19 bits per heavy atom. The summed E-state index contributed by atoms with van der Waals surface area (Å²) in [7, 11) is 0. The molecule has 1 aromatic carbocycles. The van der Waals surface area contributed by atoms with Crippen LogP contribution in [-0.4, -0.2) is 23.4 Å². The van der Waals surface area contributed by atoms with Crippen molar-refractivity contribution in [2.24, 2.45) is 10.8 Å². The van der Waals surface area contributed by atoms with Gasteiger partial charge in [0.25, 0.3) is 5.91 Å². The summed E-state index contributed by atoms with van der Waals surface area (Å²) in [4.78, 5) is 15.0. The molecule has 21 heavy (non-hydrogen) atoms. The van der Waals surface area contributed by atoms with Crippen molar-refractivity contribution in [2.45, 2.75) is 59.4 Å². The highest BCUT2D eigenvalue weighted by Crippen LogP contribution is 2.52. The molecule has 1 saturated carbocycles. The van der Waals surface area contributed by atoms with E-state index in [1.807, 2.05) is 12.1 Å². The van der Waals surface area contributed by atoms with Crippen molar-refractivity contribution in [3.63, 3.8) is 0 Å². The number of likely N-dealkylation sites (tertiary alicyclic amines) is 1. The number of hydrogen-bond donors (Lipinski definition) is 0. The Morgan fingerprint density at radius 3 is 2.48 bits per heavy atom. The first kappa shape index (κ1) is 14.6. The number of amides is 1. The molecule has 2 unspecified atom stereocenters. The van der Waals surface area contributed by atoms with Crippen molar-refractivity contribution in [2.75, 3.05) is 6.54 Å². The summed E-state index contributed by atoms with van der Waals surface area (Å²) in [5.41, 5.74) is 2.81. The van der Waals surface area contributed by atoms with Crippen molar-refractivity contribution in [3.05, 3.63) is 35.4 Å². The summed E-state index contributed by atoms with van der Waals surface area (Å²) in [6.45, 7) is 10.1. The SMILES string of the molecule is CCc1ccc(C(=O)N2CC3(C)CC2CC(C)(C)C3)cc1. The van der Waals surface area contributed by atoms with Gasteiger partial charge in [-0.3, -0.25) is 4.79 Å². The van der Waals surface area contributed by atoms with Crippen LogP contribution in [-0.2, 0) is 6.42 Å². The van der Waals surface area contributed by atoms with E-state index in [-0.39, 0.29) is 5.91 Å². The smallest absolute Gasteiger partial charge is 0.254 e. The quantitative estimate of drug-likeness (QED) is 0.794. The Morgan fingerprint density at radius 2 is 1.86 bits per heavy atom. The molecule has 1 heterocycles. The molecule has 1 aromatic rings. The normalized spacial score (nSPS) is 30.5. The highest BCUT2D eigenvalue weighted by molar-refractivity contribution is 5.94. The van der Waals surface area contributed by atoms with Gasteiger partial charge in [-0.15, -0.1) is 0 Å². The number of carbonyl (C=O) groups is 1. The maximum absolute atomic E-state index is 12.9. The van der Waals surface area contributed by atoms with Gasteiger partial charge in [-0.05, 0) is 54.2 Å². The molecule has 1 amide bonds. The molecule has 3 rings (SSSR count). The second kappa shape index (κ2) is 4.86. The molecule has 2 nitrogen and oxygen atoms in total. The van der Waals surface area contributed by atoms with Crippen molar-refractivity contribution >= 4 is 5.91 Å². The van der Waals surface area contributed by atoms with Crippen molar-refractivity contribution in [1.29, 1.82) is 0 Å². The zero-order chi connectivity index (χ0) is 15.3. The van der Waals surface area contributed by atoms with Crippen LogP contribution in [0.2, 0.25) is 0 Å². The summed E-state index contributed by atoms with van der Waals surface area (Å²) in [6, 6.07) is 8.59. The number of rotatable bonds is 2. The van der Waals surface area contributed by atoms with Crippen LogP contribution >= 0.6 is 0 Å². The van der Waals surface area contributed by atoms with Crippen molar-refractivity contribution < 1.29 is 4.79 Å². The average molecular weight is 285 g/mol. The summed E-state index contributed by atoms with van der Waals surface area (Å²) >= 11 is 0. The topological polar surface area (TPSA) is 20.3 Å².